The van der Waals surface area contributed by atoms with Crippen molar-refractivity contribution in [2.24, 2.45) is 0 Å². The van der Waals surface area contributed by atoms with Crippen LogP contribution < -0.4 is 10.1 Å². The summed E-state index contributed by atoms with van der Waals surface area (Å²) in [5.41, 5.74) is 0.870. The van der Waals surface area contributed by atoms with E-state index in [0.717, 1.165) is 36.8 Å². The molecule has 1 atom stereocenters. The summed E-state index contributed by atoms with van der Waals surface area (Å²) in [5, 5.41) is 7.46. The average molecular weight is 311 g/mol. The topological polar surface area (TPSA) is 63.4 Å². The maximum absolute atomic E-state index is 5.38. The second-order valence-corrected chi connectivity index (χ2v) is 4.89. The van der Waals surface area contributed by atoms with Crippen molar-refractivity contribution >= 4 is 12.4 Å². The third kappa shape index (κ3) is 3.34. The second kappa shape index (κ2) is 6.89. The molecule has 1 aliphatic rings. The largest absolute Gasteiger partial charge is 0.497 e. The Morgan fingerprint density at radius 3 is 3.05 bits per heavy atom. The van der Waals surface area contributed by atoms with Gasteiger partial charge in [-0.25, -0.2) is 0 Å². The Morgan fingerprint density at radius 2 is 2.29 bits per heavy atom. The van der Waals surface area contributed by atoms with Crippen LogP contribution >= 0.6 is 12.4 Å². The van der Waals surface area contributed by atoms with Gasteiger partial charge in [0.2, 0.25) is 0 Å². The molecule has 1 unspecified atom stereocenters. The number of benzene rings is 1. The normalized spacial score (nSPS) is 19.0. The fourth-order valence-corrected chi connectivity index (χ4v) is 2.34. The highest BCUT2D eigenvalue weighted by atomic mass is 35.5. The molecule has 6 nitrogen and oxygen atoms in total. The Hall–Kier alpha value is -1.63. The summed E-state index contributed by atoms with van der Waals surface area (Å²) in [6, 6.07) is 7.78. The minimum Gasteiger partial charge on any atom is -0.497 e. The molecule has 1 aromatic carbocycles. The van der Waals surface area contributed by atoms with E-state index in [1.54, 1.807) is 7.11 Å². The van der Waals surface area contributed by atoms with Crippen LogP contribution in [0.5, 0.6) is 5.75 Å². The number of likely N-dealkylation sites (N-methyl/N-ethyl adjacent to an activating group) is 1. The van der Waals surface area contributed by atoms with Gasteiger partial charge >= 0.3 is 0 Å². The van der Waals surface area contributed by atoms with E-state index in [1.807, 2.05) is 24.3 Å². The van der Waals surface area contributed by atoms with E-state index in [1.165, 1.54) is 0 Å². The van der Waals surface area contributed by atoms with Gasteiger partial charge in [-0.3, -0.25) is 4.90 Å². The lowest BCUT2D eigenvalue weighted by Gasteiger charge is -2.30. The van der Waals surface area contributed by atoms with Crippen molar-refractivity contribution in [3.8, 4) is 17.2 Å². The number of rotatable bonds is 3. The van der Waals surface area contributed by atoms with E-state index in [4.69, 9.17) is 9.26 Å². The molecule has 0 radical (unpaired) electrons. The van der Waals surface area contributed by atoms with Crippen molar-refractivity contribution in [1.82, 2.24) is 20.4 Å². The second-order valence-electron chi connectivity index (χ2n) is 4.89. The van der Waals surface area contributed by atoms with Crippen molar-refractivity contribution < 1.29 is 9.26 Å². The predicted octanol–water partition coefficient (Wildman–Crippen LogP) is 1.74. The van der Waals surface area contributed by atoms with Gasteiger partial charge in [0, 0.05) is 25.2 Å². The van der Waals surface area contributed by atoms with Crippen molar-refractivity contribution in [1.29, 1.82) is 0 Å². The van der Waals surface area contributed by atoms with E-state index < -0.39 is 0 Å². The fraction of sp³-hybridized carbons (Fsp3) is 0.429. The maximum atomic E-state index is 5.38. The van der Waals surface area contributed by atoms with Gasteiger partial charge in [0.15, 0.2) is 5.82 Å². The first-order chi connectivity index (χ1) is 9.78. The lowest BCUT2D eigenvalue weighted by atomic mass is 10.2. The van der Waals surface area contributed by atoms with E-state index in [0.29, 0.717) is 5.89 Å². The van der Waals surface area contributed by atoms with Gasteiger partial charge in [-0.15, -0.1) is 12.4 Å². The fourth-order valence-electron chi connectivity index (χ4n) is 2.34. The van der Waals surface area contributed by atoms with E-state index in [9.17, 15) is 0 Å². The van der Waals surface area contributed by atoms with Crippen molar-refractivity contribution in [2.75, 3.05) is 33.8 Å². The highest BCUT2D eigenvalue weighted by Gasteiger charge is 2.25. The molecule has 1 aromatic heterocycles. The first-order valence-corrected chi connectivity index (χ1v) is 6.67. The summed E-state index contributed by atoms with van der Waals surface area (Å²) in [6.07, 6.45) is 0. The van der Waals surface area contributed by atoms with Crippen molar-refractivity contribution in [3.05, 3.63) is 30.1 Å². The number of hydrogen-bond donors (Lipinski definition) is 1. The average Bonchev–Trinajstić information content (AvgIpc) is 2.97. The summed E-state index contributed by atoms with van der Waals surface area (Å²) >= 11 is 0. The molecule has 2 heterocycles. The quantitative estimate of drug-likeness (QED) is 0.932. The van der Waals surface area contributed by atoms with Crippen LogP contribution in [0.2, 0.25) is 0 Å². The predicted molar refractivity (Wildman–Crippen MR) is 81.8 cm³/mol. The van der Waals surface area contributed by atoms with Crippen LogP contribution in [0, 0.1) is 0 Å². The first-order valence-electron chi connectivity index (χ1n) is 6.67. The van der Waals surface area contributed by atoms with E-state index in [-0.39, 0.29) is 18.4 Å². The molecular formula is C14H19ClN4O2. The summed E-state index contributed by atoms with van der Waals surface area (Å²) in [5.74, 6) is 2.02. The molecule has 0 spiro atoms. The molecule has 1 saturated heterocycles. The zero-order chi connectivity index (χ0) is 13.9. The van der Waals surface area contributed by atoms with E-state index in [2.05, 4.69) is 27.4 Å². The zero-order valence-electron chi connectivity index (χ0n) is 12.1. The summed E-state index contributed by atoms with van der Waals surface area (Å²) in [4.78, 5) is 6.75. The number of halogens is 1. The Bertz CT molecular complexity index is 590. The molecule has 21 heavy (non-hydrogen) atoms. The van der Waals surface area contributed by atoms with E-state index >= 15 is 0 Å². The summed E-state index contributed by atoms with van der Waals surface area (Å²) < 4.78 is 10.6. The zero-order valence-corrected chi connectivity index (χ0v) is 12.9. The molecule has 1 aliphatic heterocycles. The van der Waals surface area contributed by atoms with Gasteiger partial charge in [0.25, 0.3) is 5.89 Å². The molecule has 7 heteroatoms. The van der Waals surface area contributed by atoms with Crippen LogP contribution in [0.3, 0.4) is 0 Å². The standard InChI is InChI=1S/C14H18N4O2.ClH/c1-18-7-6-15-9-12(18)13-16-14(20-17-13)10-4-3-5-11(8-10)19-2;/h3-5,8,12,15H,6-7,9H2,1-2H3;1H. The highest BCUT2D eigenvalue weighted by Crippen LogP contribution is 2.25. The monoisotopic (exact) mass is 310 g/mol. The molecule has 1 fully saturated rings. The molecule has 0 saturated carbocycles. The number of aromatic nitrogens is 2. The van der Waals surface area contributed by atoms with Gasteiger partial charge in [-0.1, -0.05) is 11.2 Å². The van der Waals surface area contributed by atoms with Crippen molar-refractivity contribution in [2.45, 2.75) is 6.04 Å². The summed E-state index contributed by atoms with van der Waals surface area (Å²) in [6.45, 7) is 2.81. The van der Waals surface area contributed by atoms with Gasteiger partial charge in [-0.05, 0) is 25.2 Å². The van der Waals surface area contributed by atoms with Crippen LogP contribution in [0.25, 0.3) is 11.5 Å². The lowest BCUT2D eigenvalue weighted by molar-refractivity contribution is 0.190. The molecule has 114 valence electrons. The minimum absolute atomic E-state index is 0. The number of piperazine rings is 1. The van der Waals surface area contributed by atoms with Gasteiger partial charge in [0.05, 0.1) is 13.2 Å². The molecule has 1 N–H and O–H groups in total. The summed E-state index contributed by atoms with van der Waals surface area (Å²) in [7, 11) is 3.72. The third-order valence-electron chi connectivity index (χ3n) is 3.57. The molecular weight excluding hydrogens is 292 g/mol. The Labute approximate surface area is 129 Å². The molecule has 0 amide bonds. The Balaban J connectivity index is 0.00000161. The molecule has 0 bridgehead atoms. The highest BCUT2D eigenvalue weighted by molar-refractivity contribution is 5.85. The number of methoxy groups -OCH3 is 1. The number of hydrogen-bond acceptors (Lipinski definition) is 6. The van der Waals surface area contributed by atoms with Crippen LogP contribution in [-0.4, -0.2) is 48.8 Å². The minimum atomic E-state index is 0. The van der Waals surface area contributed by atoms with Crippen LogP contribution in [0.1, 0.15) is 11.9 Å². The lowest BCUT2D eigenvalue weighted by Crippen LogP contribution is -2.44. The van der Waals surface area contributed by atoms with Gasteiger partial charge < -0.3 is 14.6 Å². The smallest absolute Gasteiger partial charge is 0.258 e. The van der Waals surface area contributed by atoms with Gasteiger partial charge in [0.1, 0.15) is 5.75 Å². The molecule has 2 aromatic rings. The van der Waals surface area contributed by atoms with Crippen LogP contribution in [0.4, 0.5) is 0 Å². The van der Waals surface area contributed by atoms with Gasteiger partial charge in [-0.2, -0.15) is 4.98 Å². The van der Waals surface area contributed by atoms with Crippen molar-refractivity contribution in [3.63, 3.8) is 0 Å². The van der Waals surface area contributed by atoms with Crippen LogP contribution in [-0.2, 0) is 0 Å². The number of nitrogens with zero attached hydrogens (tertiary/aromatic N) is 3. The van der Waals surface area contributed by atoms with Crippen LogP contribution in [0.15, 0.2) is 28.8 Å². The number of nitrogens with one attached hydrogen (secondary N) is 1. The third-order valence-corrected chi connectivity index (χ3v) is 3.57. The Morgan fingerprint density at radius 1 is 1.43 bits per heavy atom. The molecule has 0 aliphatic carbocycles. The first kappa shape index (κ1) is 15.8. The SMILES string of the molecule is COc1cccc(-c2nc(C3CNCCN3C)no2)c1.Cl. The number of ether oxygens (including phenoxy) is 1. The molecule has 3 rings (SSSR count). The maximum Gasteiger partial charge on any atom is 0.258 e. The Kier molecular flexibility index (Phi) is 5.17.